The summed E-state index contributed by atoms with van der Waals surface area (Å²) >= 11 is 3.52. The molecule has 0 spiro atoms. The highest BCUT2D eigenvalue weighted by molar-refractivity contribution is 9.09. The molecule has 0 unspecified atom stereocenters. The molecule has 0 aliphatic carbocycles. The molecule has 0 N–H and O–H groups in total. The zero-order valence-electron chi connectivity index (χ0n) is 10.2. The fourth-order valence-electron chi connectivity index (χ4n) is 2.58. The van der Waals surface area contributed by atoms with Crippen molar-refractivity contribution >= 4 is 24.7 Å². The van der Waals surface area contributed by atoms with Gasteiger partial charge in [-0.05, 0) is 12.3 Å². The van der Waals surface area contributed by atoms with Crippen molar-refractivity contribution in [1.29, 1.82) is 0 Å². The van der Waals surface area contributed by atoms with E-state index in [2.05, 4.69) is 22.9 Å². The van der Waals surface area contributed by atoms with Crippen molar-refractivity contribution < 1.29 is 0 Å². The minimum atomic E-state index is 0.118. The molecule has 15 heavy (non-hydrogen) atoms. The van der Waals surface area contributed by atoms with Crippen molar-refractivity contribution in [2.75, 3.05) is 5.33 Å². The number of halogens is 1. The normalized spacial score (nSPS) is 19.6. The van der Waals surface area contributed by atoms with Gasteiger partial charge < -0.3 is 0 Å². The quantitative estimate of drug-likeness (QED) is 0.341. The topological polar surface area (TPSA) is 0 Å². The van der Waals surface area contributed by atoms with Crippen molar-refractivity contribution in [2.45, 2.75) is 70.0 Å². The van der Waals surface area contributed by atoms with Crippen molar-refractivity contribution in [3.8, 4) is 0 Å². The van der Waals surface area contributed by atoms with Gasteiger partial charge in [-0.15, -0.1) is 0 Å². The van der Waals surface area contributed by atoms with Gasteiger partial charge in [0.15, 0.2) is 0 Å². The Morgan fingerprint density at radius 3 is 2.47 bits per heavy atom. The van der Waals surface area contributed by atoms with Crippen LogP contribution in [0.25, 0.3) is 0 Å². The van der Waals surface area contributed by atoms with Crippen LogP contribution in [-0.4, -0.2) is 14.1 Å². The van der Waals surface area contributed by atoms with E-state index < -0.39 is 0 Å². The Morgan fingerprint density at radius 2 is 1.87 bits per heavy atom. The Hall–Kier alpha value is 0.697. The fourth-order valence-corrected chi connectivity index (χ4v) is 6.21. The maximum atomic E-state index is 3.52. The van der Waals surface area contributed by atoms with Crippen molar-refractivity contribution in [1.82, 2.24) is 0 Å². The second-order valence-corrected chi connectivity index (χ2v) is 8.77. The molecule has 0 bridgehead atoms. The molecule has 0 nitrogen and oxygen atoms in total. The number of hydrogen-bond donors (Lipinski definition) is 0. The Labute approximate surface area is 106 Å². The van der Waals surface area contributed by atoms with Crippen molar-refractivity contribution in [3.63, 3.8) is 0 Å². The van der Waals surface area contributed by atoms with Gasteiger partial charge in [-0.3, -0.25) is 0 Å². The van der Waals surface area contributed by atoms with E-state index in [1.807, 2.05) is 0 Å². The summed E-state index contributed by atoms with van der Waals surface area (Å²) in [7, 11) is 0.118. The van der Waals surface area contributed by atoms with Crippen LogP contribution in [0.1, 0.15) is 51.9 Å². The van der Waals surface area contributed by atoms with Gasteiger partial charge in [0, 0.05) is 14.1 Å². The summed E-state index contributed by atoms with van der Waals surface area (Å²) < 4.78 is 0. The number of alkyl halides is 1. The van der Waals surface area contributed by atoms with E-state index in [0.717, 1.165) is 5.92 Å². The standard InChI is InChI=1S/C13H26BrSi/c1-2-3-10-15-11-7-13(8-12-15)6-4-5-9-14/h13H,2-12H2,1H3. The highest BCUT2D eigenvalue weighted by Crippen LogP contribution is 2.31. The zero-order valence-corrected chi connectivity index (χ0v) is 12.8. The van der Waals surface area contributed by atoms with E-state index in [0.29, 0.717) is 0 Å². The lowest BCUT2D eigenvalue weighted by atomic mass is 9.96. The molecule has 1 radical (unpaired) electrons. The van der Waals surface area contributed by atoms with Crippen LogP contribution in [-0.2, 0) is 0 Å². The zero-order chi connectivity index (χ0) is 10.9. The van der Waals surface area contributed by atoms with Gasteiger partial charge in [-0.2, -0.15) is 0 Å². The predicted molar refractivity (Wildman–Crippen MR) is 75.5 cm³/mol. The molecule has 89 valence electrons. The lowest BCUT2D eigenvalue weighted by Gasteiger charge is -2.27. The predicted octanol–water partition coefficient (Wildman–Crippen LogP) is 5.26. The average Bonchev–Trinajstić information content (AvgIpc) is 2.28. The molecule has 1 rings (SSSR count). The maximum absolute atomic E-state index is 3.52. The summed E-state index contributed by atoms with van der Waals surface area (Å²) in [4.78, 5) is 0. The second kappa shape index (κ2) is 8.80. The molecule has 0 saturated carbocycles. The first-order chi connectivity index (χ1) is 7.36. The number of hydrogen-bond acceptors (Lipinski definition) is 0. The minimum absolute atomic E-state index is 0.118. The Kier molecular flexibility index (Phi) is 8.08. The molecule has 0 aromatic rings. The summed E-state index contributed by atoms with van der Waals surface area (Å²) in [6, 6.07) is 4.86. The molecule has 0 aromatic carbocycles. The molecule has 1 heterocycles. The summed E-state index contributed by atoms with van der Waals surface area (Å²) in [5.74, 6) is 1.10. The highest BCUT2D eigenvalue weighted by Gasteiger charge is 2.21. The summed E-state index contributed by atoms with van der Waals surface area (Å²) in [5.41, 5.74) is 0. The Bertz CT molecular complexity index is 141. The lowest BCUT2D eigenvalue weighted by Crippen LogP contribution is -2.21. The minimum Gasteiger partial charge on any atom is -0.0928 e. The first kappa shape index (κ1) is 13.8. The van der Waals surface area contributed by atoms with Crippen molar-refractivity contribution in [2.24, 2.45) is 5.92 Å². The summed E-state index contributed by atoms with van der Waals surface area (Å²) in [6.07, 6.45) is 10.4. The van der Waals surface area contributed by atoms with Crippen LogP contribution in [0.4, 0.5) is 0 Å². The van der Waals surface area contributed by atoms with Gasteiger partial charge >= 0.3 is 0 Å². The molecule has 2 heteroatoms. The molecule has 0 atom stereocenters. The molecule has 1 aliphatic rings. The summed E-state index contributed by atoms with van der Waals surface area (Å²) in [6.45, 7) is 2.33. The lowest BCUT2D eigenvalue weighted by molar-refractivity contribution is 0.422. The third kappa shape index (κ3) is 6.11. The van der Waals surface area contributed by atoms with Crippen LogP contribution in [0.5, 0.6) is 0 Å². The number of unbranched alkanes of at least 4 members (excludes halogenated alkanes) is 2. The van der Waals surface area contributed by atoms with Crippen LogP contribution in [0, 0.1) is 5.92 Å². The average molecular weight is 290 g/mol. The largest absolute Gasteiger partial charge is 0.0928 e. The van der Waals surface area contributed by atoms with Gasteiger partial charge in [0.05, 0.1) is 0 Å². The molecule has 1 saturated heterocycles. The van der Waals surface area contributed by atoms with E-state index in [1.54, 1.807) is 31.0 Å². The first-order valence-corrected chi connectivity index (χ1v) is 10.0. The Morgan fingerprint density at radius 1 is 1.13 bits per heavy atom. The molecule has 0 amide bonds. The van der Waals surface area contributed by atoms with Crippen LogP contribution in [0.2, 0.25) is 18.1 Å². The molecular weight excluding hydrogens is 264 g/mol. The molecule has 1 aliphatic heterocycles. The fraction of sp³-hybridized carbons (Fsp3) is 1.00. The van der Waals surface area contributed by atoms with Gasteiger partial charge in [0.1, 0.15) is 0 Å². The van der Waals surface area contributed by atoms with E-state index in [1.165, 1.54) is 37.4 Å². The van der Waals surface area contributed by atoms with Gasteiger partial charge in [-0.1, -0.05) is 79.5 Å². The molecule has 1 fully saturated rings. The van der Waals surface area contributed by atoms with Crippen LogP contribution in [0.15, 0.2) is 0 Å². The molecule has 0 aromatic heterocycles. The summed E-state index contributed by atoms with van der Waals surface area (Å²) in [5, 5.41) is 1.20. The van der Waals surface area contributed by atoms with Crippen LogP contribution >= 0.6 is 15.9 Å². The first-order valence-electron chi connectivity index (χ1n) is 6.76. The van der Waals surface area contributed by atoms with E-state index in [-0.39, 0.29) is 8.80 Å². The van der Waals surface area contributed by atoms with E-state index in [9.17, 15) is 0 Å². The van der Waals surface area contributed by atoms with Crippen LogP contribution < -0.4 is 0 Å². The third-order valence-electron chi connectivity index (χ3n) is 3.69. The number of rotatable bonds is 7. The van der Waals surface area contributed by atoms with Crippen molar-refractivity contribution in [3.05, 3.63) is 0 Å². The van der Waals surface area contributed by atoms with Gasteiger partial charge in [0.2, 0.25) is 0 Å². The molecular formula is C13H26BrSi. The SMILES string of the molecule is CCCC[Si]1CCC(CCCCBr)CC1. The van der Waals surface area contributed by atoms with Crippen LogP contribution in [0.3, 0.4) is 0 Å². The monoisotopic (exact) mass is 289 g/mol. The third-order valence-corrected chi connectivity index (χ3v) is 7.31. The van der Waals surface area contributed by atoms with E-state index >= 15 is 0 Å². The second-order valence-electron chi connectivity index (χ2n) is 4.98. The van der Waals surface area contributed by atoms with E-state index in [4.69, 9.17) is 0 Å². The van der Waals surface area contributed by atoms with Gasteiger partial charge in [-0.25, -0.2) is 0 Å². The Balaban J connectivity index is 2.02. The van der Waals surface area contributed by atoms with Gasteiger partial charge in [0.25, 0.3) is 0 Å². The maximum Gasteiger partial charge on any atom is 0.0479 e. The highest BCUT2D eigenvalue weighted by atomic mass is 79.9. The smallest absolute Gasteiger partial charge is 0.0479 e.